The van der Waals surface area contributed by atoms with E-state index in [0.29, 0.717) is 28.7 Å². The number of nitrogens with one attached hydrogen (secondary N) is 2. The molecule has 18 heavy (non-hydrogen) atoms. The Labute approximate surface area is 110 Å². The second kappa shape index (κ2) is 6.05. The molecule has 8 heteroatoms. The van der Waals surface area contributed by atoms with Crippen LogP contribution in [0.4, 0.5) is 10.7 Å². The molecule has 0 aliphatic heterocycles. The fraction of sp³-hybridized carbons (Fsp3) is 0.500. The van der Waals surface area contributed by atoms with Crippen molar-refractivity contribution in [3.05, 3.63) is 10.9 Å². The van der Waals surface area contributed by atoms with Crippen molar-refractivity contribution in [3.63, 3.8) is 0 Å². The van der Waals surface area contributed by atoms with Gasteiger partial charge in [0.25, 0.3) is 5.91 Å². The van der Waals surface area contributed by atoms with Gasteiger partial charge < -0.3 is 16.4 Å². The molecule has 1 aromatic rings. The number of carbonyl (C=O) groups is 1. The standard InChI is InChI=1S/C10H17N3O3S2/c1-3-12-10(14)9-7(11)6-8(17-9)13-4-5-18(2,15)16/h6,13H,3-5,11H2,1-2H3,(H,12,14). The molecule has 0 aliphatic rings. The van der Waals surface area contributed by atoms with Gasteiger partial charge in [0.2, 0.25) is 0 Å². The largest absolute Gasteiger partial charge is 0.397 e. The first kappa shape index (κ1) is 14.8. The summed E-state index contributed by atoms with van der Waals surface area (Å²) in [7, 11) is -2.99. The van der Waals surface area contributed by atoms with Gasteiger partial charge in [0, 0.05) is 19.3 Å². The Bertz CT molecular complexity index is 522. The average molecular weight is 291 g/mol. The minimum atomic E-state index is -2.99. The molecular weight excluding hydrogens is 274 g/mol. The van der Waals surface area contributed by atoms with Crippen LogP contribution in [0.1, 0.15) is 16.6 Å². The van der Waals surface area contributed by atoms with E-state index in [9.17, 15) is 13.2 Å². The first-order valence-corrected chi connectivity index (χ1v) is 8.30. The van der Waals surface area contributed by atoms with Crippen LogP contribution in [0.2, 0.25) is 0 Å². The number of thiophene rings is 1. The Balaban J connectivity index is 2.64. The van der Waals surface area contributed by atoms with E-state index in [2.05, 4.69) is 10.6 Å². The van der Waals surface area contributed by atoms with Crippen molar-refractivity contribution in [1.29, 1.82) is 0 Å². The highest BCUT2D eigenvalue weighted by Gasteiger charge is 2.13. The molecule has 0 aromatic carbocycles. The summed E-state index contributed by atoms with van der Waals surface area (Å²) in [6.45, 7) is 2.66. The van der Waals surface area contributed by atoms with E-state index in [4.69, 9.17) is 5.73 Å². The van der Waals surface area contributed by atoms with Crippen molar-refractivity contribution < 1.29 is 13.2 Å². The van der Waals surface area contributed by atoms with Crippen LogP contribution >= 0.6 is 11.3 Å². The van der Waals surface area contributed by atoms with Crippen molar-refractivity contribution >= 4 is 37.8 Å². The monoisotopic (exact) mass is 291 g/mol. The van der Waals surface area contributed by atoms with E-state index in [1.807, 2.05) is 6.92 Å². The highest BCUT2D eigenvalue weighted by molar-refractivity contribution is 7.90. The van der Waals surface area contributed by atoms with Crippen molar-refractivity contribution in [1.82, 2.24) is 5.32 Å². The van der Waals surface area contributed by atoms with Crippen LogP contribution in [-0.4, -0.2) is 39.4 Å². The third-order valence-electron chi connectivity index (χ3n) is 2.08. The number of carbonyl (C=O) groups excluding carboxylic acids is 1. The Kier molecular flexibility index (Phi) is 4.97. The van der Waals surface area contributed by atoms with Crippen molar-refractivity contribution in [2.75, 3.05) is 36.1 Å². The summed E-state index contributed by atoms with van der Waals surface area (Å²) in [6, 6.07) is 1.64. The van der Waals surface area contributed by atoms with Gasteiger partial charge in [-0.25, -0.2) is 8.42 Å². The van der Waals surface area contributed by atoms with E-state index in [1.165, 1.54) is 17.6 Å². The lowest BCUT2D eigenvalue weighted by molar-refractivity contribution is 0.0960. The van der Waals surface area contributed by atoms with E-state index in [-0.39, 0.29) is 11.7 Å². The van der Waals surface area contributed by atoms with Crippen LogP contribution in [0.25, 0.3) is 0 Å². The number of amides is 1. The molecule has 0 unspecified atom stereocenters. The number of nitrogens with two attached hydrogens (primary N) is 1. The molecule has 4 N–H and O–H groups in total. The quantitative estimate of drug-likeness (QED) is 0.710. The summed E-state index contributed by atoms with van der Waals surface area (Å²) in [5, 5.41) is 6.29. The molecule has 1 amide bonds. The summed E-state index contributed by atoms with van der Waals surface area (Å²) in [6.07, 6.45) is 1.18. The molecule has 1 heterocycles. The minimum absolute atomic E-state index is 0.0430. The molecule has 1 aromatic heterocycles. The summed E-state index contributed by atoms with van der Waals surface area (Å²) in [4.78, 5) is 12.1. The minimum Gasteiger partial charge on any atom is -0.397 e. The number of rotatable bonds is 6. The molecule has 1 rings (SSSR count). The topological polar surface area (TPSA) is 101 Å². The van der Waals surface area contributed by atoms with Gasteiger partial charge in [0.1, 0.15) is 14.7 Å². The van der Waals surface area contributed by atoms with Gasteiger partial charge in [-0.3, -0.25) is 4.79 Å². The predicted molar refractivity (Wildman–Crippen MR) is 74.9 cm³/mol. The van der Waals surface area contributed by atoms with Crippen LogP contribution < -0.4 is 16.4 Å². The molecule has 0 atom stereocenters. The van der Waals surface area contributed by atoms with Gasteiger partial charge >= 0.3 is 0 Å². The lowest BCUT2D eigenvalue weighted by Gasteiger charge is -2.01. The molecule has 0 saturated heterocycles. The summed E-state index contributed by atoms with van der Waals surface area (Å²) in [5.41, 5.74) is 6.12. The van der Waals surface area contributed by atoms with Gasteiger partial charge in [-0.1, -0.05) is 0 Å². The number of hydrogen-bond donors (Lipinski definition) is 3. The third kappa shape index (κ3) is 4.53. The molecule has 0 radical (unpaired) electrons. The van der Waals surface area contributed by atoms with E-state index in [0.717, 1.165) is 0 Å². The zero-order valence-electron chi connectivity index (χ0n) is 10.3. The van der Waals surface area contributed by atoms with Gasteiger partial charge in [-0.05, 0) is 13.0 Å². The Hall–Kier alpha value is -1.28. The van der Waals surface area contributed by atoms with Crippen molar-refractivity contribution in [3.8, 4) is 0 Å². The zero-order chi connectivity index (χ0) is 13.8. The molecule has 0 fully saturated rings. The summed E-state index contributed by atoms with van der Waals surface area (Å²) < 4.78 is 21.9. The second-order valence-electron chi connectivity index (χ2n) is 3.81. The third-order valence-corrected chi connectivity index (χ3v) is 4.13. The Morgan fingerprint density at radius 3 is 2.72 bits per heavy atom. The number of sulfone groups is 1. The number of hydrogen-bond acceptors (Lipinski definition) is 6. The van der Waals surface area contributed by atoms with Crippen molar-refractivity contribution in [2.24, 2.45) is 0 Å². The van der Waals surface area contributed by atoms with E-state index in [1.54, 1.807) is 6.07 Å². The van der Waals surface area contributed by atoms with Crippen molar-refractivity contribution in [2.45, 2.75) is 6.92 Å². The van der Waals surface area contributed by atoms with Crippen LogP contribution in [-0.2, 0) is 9.84 Å². The maximum absolute atomic E-state index is 11.6. The highest BCUT2D eigenvalue weighted by Crippen LogP contribution is 2.28. The summed E-state index contributed by atoms with van der Waals surface area (Å²) in [5.74, 6) is -0.169. The van der Waals surface area contributed by atoms with Crippen LogP contribution in [0.15, 0.2) is 6.07 Å². The Morgan fingerprint density at radius 1 is 1.50 bits per heavy atom. The normalized spacial score (nSPS) is 11.2. The first-order chi connectivity index (χ1) is 8.33. The van der Waals surface area contributed by atoms with Crippen LogP contribution in [0.5, 0.6) is 0 Å². The van der Waals surface area contributed by atoms with Gasteiger partial charge in [-0.15, -0.1) is 11.3 Å². The fourth-order valence-electron chi connectivity index (χ4n) is 1.27. The van der Waals surface area contributed by atoms with Gasteiger partial charge in [-0.2, -0.15) is 0 Å². The van der Waals surface area contributed by atoms with Gasteiger partial charge in [0.15, 0.2) is 0 Å². The van der Waals surface area contributed by atoms with Crippen LogP contribution in [0, 0.1) is 0 Å². The average Bonchev–Trinajstić information content (AvgIpc) is 2.58. The lowest BCUT2D eigenvalue weighted by Crippen LogP contribution is -2.22. The maximum atomic E-state index is 11.6. The maximum Gasteiger partial charge on any atom is 0.263 e. The zero-order valence-corrected chi connectivity index (χ0v) is 12.0. The number of anilines is 2. The van der Waals surface area contributed by atoms with E-state index >= 15 is 0 Å². The molecule has 0 aliphatic carbocycles. The molecule has 0 bridgehead atoms. The number of nitrogen functional groups attached to an aromatic ring is 1. The SMILES string of the molecule is CCNC(=O)c1sc(NCCS(C)(=O)=O)cc1N. The van der Waals surface area contributed by atoms with Gasteiger partial charge in [0.05, 0.1) is 16.4 Å². The molecule has 102 valence electrons. The smallest absolute Gasteiger partial charge is 0.263 e. The molecule has 0 saturated carbocycles. The highest BCUT2D eigenvalue weighted by atomic mass is 32.2. The Morgan fingerprint density at radius 2 is 2.17 bits per heavy atom. The molecule has 6 nitrogen and oxygen atoms in total. The second-order valence-corrected chi connectivity index (χ2v) is 7.12. The first-order valence-electron chi connectivity index (χ1n) is 5.42. The van der Waals surface area contributed by atoms with Crippen LogP contribution in [0.3, 0.4) is 0 Å². The molecular formula is C10H17N3O3S2. The lowest BCUT2D eigenvalue weighted by atomic mass is 10.3. The summed E-state index contributed by atoms with van der Waals surface area (Å²) >= 11 is 1.22. The van der Waals surface area contributed by atoms with E-state index < -0.39 is 9.84 Å². The molecule has 0 spiro atoms. The predicted octanol–water partition coefficient (Wildman–Crippen LogP) is 0.537. The fourth-order valence-corrected chi connectivity index (χ4v) is 2.66.